The third-order valence-corrected chi connectivity index (χ3v) is 2.39. The van der Waals surface area contributed by atoms with E-state index in [1.807, 2.05) is 6.07 Å². The average Bonchev–Trinajstić information content (AvgIpc) is 2.40. The highest BCUT2D eigenvalue weighted by Gasteiger charge is 2.11. The first-order valence-electron chi connectivity index (χ1n) is 4.78. The molecule has 17 heavy (non-hydrogen) atoms. The Labute approximate surface area is 96.9 Å². The number of hydrogen-bond donors (Lipinski definition) is 0. The molecule has 0 N–H and O–H groups in total. The summed E-state index contributed by atoms with van der Waals surface area (Å²) in [5.74, 6) is 0. The second-order valence-electron chi connectivity index (χ2n) is 3.27. The quantitative estimate of drug-likeness (QED) is 0.736. The van der Waals surface area contributed by atoms with Crippen molar-refractivity contribution in [2.75, 3.05) is 4.90 Å². The minimum absolute atomic E-state index is 0.265. The van der Waals surface area contributed by atoms with Crippen molar-refractivity contribution in [2.24, 2.45) is 0 Å². The summed E-state index contributed by atoms with van der Waals surface area (Å²) in [5, 5.41) is 10.2. The van der Waals surface area contributed by atoms with Crippen molar-refractivity contribution in [3.05, 3.63) is 36.2 Å². The van der Waals surface area contributed by atoms with Gasteiger partial charge in [-0.25, -0.2) is 4.98 Å². The van der Waals surface area contributed by atoms with E-state index in [2.05, 4.69) is 4.98 Å². The number of pyridine rings is 1. The van der Waals surface area contributed by atoms with Gasteiger partial charge in [-0.3, -0.25) is 14.5 Å². The fourth-order valence-corrected chi connectivity index (χ4v) is 1.61. The van der Waals surface area contributed by atoms with Gasteiger partial charge >= 0.3 is 0 Å². The van der Waals surface area contributed by atoms with Gasteiger partial charge in [0.15, 0.2) is 0 Å². The Morgan fingerprint density at radius 2 is 1.82 bits per heavy atom. The standard InChI is InChI=1S/C12H7N3O2/c13-5-11-9-3-1-2-4-10(9)12(6-14-11)15(7-16)8-17/h1-4,6-8H. The topological polar surface area (TPSA) is 74.1 Å². The van der Waals surface area contributed by atoms with Gasteiger partial charge in [-0.05, 0) is 0 Å². The maximum absolute atomic E-state index is 10.7. The van der Waals surface area contributed by atoms with Crippen LogP contribution in [0.5, 0.6) is 0 Å². The van der Waals surface area contributed by atoms with Gasteiger partial charge in [-0.2, -0.15) is 5.26 Å². The molecule has 0 saturated heterocycles. The summed E-state index contributed by atoms with van der Waals surface area (Å²) in [6.07, 6.45) is 2.15. The monoisotopic (exact) mass is 225 g/mol. The van der Waals surface area contributed by atoms with Gasteiger partial charge in [0.05, 0.1) is 11.9 Å². The number of carbonyl (C=O) groups is 2. The van der Waals surface area contributed by atoms with Gasteiger partial charge in [0, 0.05) is 10.8 Å². The van der Waals surface area contributed by atoms with Crippen LogP contribution in [-0.4, -0.2) is 17.8 Å². The number of aromatic nitrogens is 1. The lowest BCUT2D eigenvalue weighted by atomic mass is 10.1. The molecule has 0 unspecified atom stereocenters. The Morgan fingerprint density at radius 3 is 2.41 bits per heavy atom. The zero-order chi connectivity index (χ0) is 12.3. The summed E-state index contributed by atoms with van der Waals surface area (Å²) in [5.41, 5.74) is 0.630. The number of rotatable bonds is 3. The van der Waals surface area contributed by atoms with E-state index in [1.54, 1.807) is 24.3 Å². The van der Waals surface area contributed by atoms with Crippen molar-refractivity contribution >= 4 is 29.3 Å². The third-order valence-electron chi connectivity index (χ3n) is 2.39. The van der Waals surface area contributed by atoms with Crippen LogP contribution in [-0.2, 0) is 9.59 Å². The first-order valence-corrected chi connectivity index (χ1v) is 4.78. The molecule has 2 amide bonds. The number of amides is 2. The van der Waals surface area contributed by atoms with E-state index >= 15 is 0 Å². The summed E-state index contributed by atoms with van der Waals surface area (Å²) < 4.78 is 0. The highest BCUT2D eigenvalue weighted by atomic mass is 16.2. The normalized spacial score (nSPS) is 9.59. The molecule has 0 fully saturated rings. The van der Waals surface area contributed by atoms with Crippen LogP contribution in [0.4, 0.5) is 5.69 Å². The van der Waals surface area contributed by atoms with Crippen LogP contribution in [0, 0.1) is 11.3 Å². The molecule has 0 atom stereocenters. The Bertz CT molecular complexity index is 623. The smallest absolute Gasteiger partial charge is 0.220 e. The summed E-state index contributed by atoms with van der Waals surface area (Å²) in [7, 11) is 0. The first-order chi connectivity index (χ1) is 8.31. The number of anilines is 1. The second kappa shape index (κ2) is 4.41. The fourth-order valence-electron chi connectivity index (χ4n) is 1.61. The molecular weight excluding hydrogens is 218 g/mol. The molecule has 0 aliphatic carbocycles. The van der Waals surface area contributed by atoms with E-state index in [-0.39, 0.29) is 5.69 Å². The van der Waals surface area contributed by atoms with Crippen LogP contribution in [0.3, 0.4) is 0 Å². The molecule has 5 nitrogen and oxygen atoms in total. The number of fused-ring (bicyclic) bond motifs is 1. The molecule has 5 heteroatoms. The van der Waals surface area contributed by atoms with Crippen molar-refractivity contribution in [1.29, 1.82) is 5.26 Å². The van der Waals surface area contributed by atoms with E-state index < -0.39 is 0 Å². The summed E-state index contributed by atoms with van der Waals surface area (Å²) in [4.78, 5) is 26.3. The van der Waals surface area contributed by atoms with E-state index in [4.69, 9.17) is 5.26 Å². The number of nitriles is 1. The third kappa shape index (κ3) is 1.72. The molecule has 1 aromatic heterocycles. The zero-order valence-electron chi connectivity index (χ0n) is 8.70. The average molecular weight is 225 g/mol. The highest BCUT2D eigenvalue weighted by Crippen LogP contribution is 2.26. The SMILES string of the molecule is N#Cc1ncc(N(C=O)C=O)c2ccccc12. The summed E-state index contributed by atoms with van der Waals surface area (Å²) in [6, 6.07) is 8.94. The lowest BCUT2D eigenvalue weighted by Crippen LogP contribution is -2.18. The van der Waals surface area contributed by atoms with Crippen LogP contribution >= 0.6 is 0 Å². The van der Waals surface area contributed by atoms with E-state index in [0.717, 1.165) is 4.90 Å². The summed E-state index contributed by atoms with van der Waals surface area (Å²) in [6.45, 7) is 0. The van der Waals surface area contributed by atoms with Crippen molar-refractivity contribution in [3.8, 4) is 6.07 Å². The molecule has 82 valence electrons. The molecule has 0 radical (unpaired) electrons. The number of carbonyl (C=O) groups excluding carboxylic acids is 2. The molecule has 0 spiro atoms. The van der Waals surface area contributed by atoms with Gasteiger partial charge < -0.3 is 0 Å². The van der Waals surface area contributed by atoms with Crippen LogP contribution in [0.25, 0.3) is 10.8 Å². The maximum Gasteiger partial charge on any atom is 0.220 e. The van der Waals surface area contributed by atoms with Gasteiger partial charge in [0.2, 0.25) is 12.8 Å². The number of imide groups is 1. The van der Waals surface area contributed by atoms with Crippen LogP contribution < -0.4 is 4.90 Å². The van der Waals surface area contributed by atoms with Gasteiger partial charge in [0.25, 0.3) is 0 Å². The largest absolute Gasteiger partial charge is 0.278 e. The van der Waals surface area contributed by atoms with Crippen molar-refractivity contribution in [2.45, 2.75) is 0 Å². The van der Waals surface area contributed by atoms with Gasteiger partial charge in [-0.15, -0.1) is 0 Å². The fraction of sp³-hybridized carbons (Fsp3) is 0. The number of benzene rings is 1. The summed E-state index contributed by atoms with van der Waals surface area (Å²) >= 11 is 0. The molecule has 1 aromatic carbocycles. The molecule has 2 aromatic rings. The van der Waals surface area contributed by atoms with Crippen LogP contribution in [0.15, 0.2) is 30.5 Å². The Hall–Kier alpha value is -2.74. The second-order valence-corrected chi connectivity index (χ2v) is 3.27. The molecule has 2 rings (SSSR count). The minimum Gasteiger partial charge on any atom is -0.278 e. The Balaban J connectivity index is 2.80. The molecule has 0 saturated carbocycles. The molecule has 0 aliphatic heterocycles. The molecular formula is C12H7N3O2. The van der Waals surface area contributed by atoms with E-state index in [9.17, 15) is 9.59 Å². The number of nitrogens with zero attached hydrogens (tertiary/aromatic N) is 3. The molecule has 1 heterocycles. The number of hydrogen-bond acceptors (Lipinski definition) is 4. The zero-order valence-corrected chi connectivity index (χ0v) is 8.70. The van der Waals surface area contributed by atoms with Crippen LogP contribution in [0.1, 0.15) is 5.69 Å². The Morgan fingerprint density at radius 1 is 1.18 bits per heavy atom. The lowest BCUT2D eigenvalue weighted by molar-refractivity contribution is -0.113. The Kier molecular flexibility index (Phi) is 2.79. The highest BCUT2D eigenvalue weighted by molar-refractivity contribution is 6.06. The van der Waals surface area contributed by atoms with Crippen LogP contribution in [0.2, 0.25) is 0 Å². The van der Waals surface area contributed by atoms with Gasteiger partial charge in [0.1, 0.15) is 11.8 Å². The predicted molar refractivity (Wildman–Crippen MR) is 61.1 cm³/mol. The van der Waals surface area contributed by atoms with Crippen molar-refractivity contribution in [3.63, 3.8) is 0 Å². The van der Waals surface area contributed by atoms with Crippen molar-refractivity contribution < 1.29 is 9.59 Å². The first kappa shape index (κ1) is 10.8. The van der Waals surface area contributed by atoms with Gasteiger partial charge in [-0.1, -0.05) is 24.3 Å². The van der Waals surface area contributed by atoms with Crippen molar-refractivity contribution in [1.82, 2.24) is 4.98 Å². The predicted octanol–water partition coefficient (Wildman–Crippen LogP) is 1.23. The maximum atomic E-state index is 10.7. The van der Waals surface area contributed by atoms with E-state index in [1.165, 1.54) is 6.20 Å². The van der Waals surface area contributed by atoms with E-state index in [0.29, 0.717) is 29.3 Å². The lowest BCUT2D eigenvalue weighted by Gasteiger charge is -2.12. The molecule has 0 bridgehead atoms. The minimum atomic E-state index is 0.265. The molecule has 0 aliphatic rings.